The fraction of sp³-hybridized carbons (Fsp3) is 0.643. The molecule has 1 aromatic heterocycles. The van der Waals surface area contributed by atoms with Gasteiger partial charge in [-0.3, -0.25) is 0 Å². The first-order valence-corrected chi connectivity index (χ1v) is 6.76. The number of rotatable bonds is 4. The average Bonchev–Trinajstić information content (AvgIpc) is 2.79. The Labute approximate surface area is 110 Å². The van der Waals surface area contributed by atoms with Crippen molar-refractivity contribution < 1.29 is 0 Å². The number of hydrogen-bond acceptors (Lipinski definition) is 4. The van der Waals surface area contributed by atoms with E-state index in [1.165, 1.54) is 19.5 Å². The summed E-state index contributed by atoms with van der Waals surface area (Å²) in [6.07, 6.45) is 3.01. The molecule has 4 nitrogen and oxygen atoms in total. The van der Waals surface area contributed by atoms with Crippen LogP contribution in [0.15, 0.2) is 12.3 Å². The maximum absolute atomic E-state index is 5.76. The third kappa shape index (κ3) is 3.13. The highest BCUT2D eigenvalue weighted by molar-refractivity contribution is 5.50. The van der Waals surface area contributed by atoms with Crippen LogP contribution in [0.2, 0.25) is 0 Å². The molecule has 1 fully saturated rings. The molecule has 18 heavy (non-hydrogen) atoms. The van der Waals surface area contributed by atoms with Crippen LogP contribution in [0.3, 0.4) is 0 Å². The summed E-state index contributed by atoms with van der Waals surface area (Å²) in [5, 5.41) is 3.42. The van der Waals surface area contributed by atoms with Crippen molar-refractivity contribution in [1.82, 2.24) is 9.88 Å². The van der Waals surface area contributed by atoms with Gasteiger partial charge >= 0.3 is 0 Å². The van der Waals surface area contributed by atoms with E-state index in [9.17, 15) is 0 Å². The first-order chi connectivity index (χ1) is 8.56. The van der Waals surface area contributed by atoms with Crippen LogP contribution in [-0.2, 0) is 0 Å². The Morgan fingerprint density at radius 1 is 1.56 bits per heavy atom. The zero-order valence-electron chi connectivity index (χ0n) is 11.6. The second kappa shape index (κ2) is 5.57. The van der Waals surface area contributed by atoms with Gasteiger partial charge in [-0.05, 0) is 51.3 Å². The molecular formula is C14H24N4. The van der Waals surface area contributed by atoms with Gasteiger partial charge in [0.25, 0.3) is 0 Å². The van der Waals surface area contributed by atoms with Crippen LogP contribution in [-0.4, -0.2) is 35.6 Å². The van der Waals surface area contributed by atoms with Crippen molar-refractivity contribution >= 4 is 11.5 Å². The number of aryl methyl sites for hydroxylation is 1. The highest BCUT2D eigenvalue weighted by Gasteiger charge is 2.23. The van der Waals surface area contributed by atoms with Crippen LogP contribution in [0, 0.1) is 12.8 Å². The lowest BCUT2D eigenvalue weighted by Gasteiger charge is -2.20. The molecule has 0 bridgehead atoms. The van der Waals surface area contributed by atoms with Gasteiger partial charge in [0.15, 0.2) is 0 Å². The van der Waals surface area contributed by atoms with E-state index in [0.717, 1.165) is 29.5 Å². The van der Waals surface area contributed by atoms with Crippen molar-refractivity contribution in [1.29, 1.82) is 0 Å². The van der Waals surface area contributed by atoms with Crippen molar-refractivity contribution in [3.8, 4) is 0 Å². The van der Waals surface area contributed by atoms with E-state index in [1.807, 2.05) is 13.0 Å². The molecule has 1 aromatic rings. The molecule has 0 aliphatic carbocycles. The number of nitrogens with two attached hydrogens (primary N) is 1. The number of nitrogens with one attached hydrogen (secondary N) is 1. The first kappa shape index (κ1) is 13.1. The van der Waals surface area contributed by atoms with Crippen molar-refractivity contribution in [3.05, 3.63) is 17.8 Å². The lowest BCUT2D eigenvalue weighted by atomic mass is 10.1. The molecule has 0 spiro atoms. The summed E-state index contributed by atoms with van der Waals surface area (Å²) >= 11 is 0. The maximum atomic E-state index is 5.76. The molecule has 2 rings (SSSR count). The molecule has 4 heteroatoms. The molecule has 1 saturated heterocycles. The summed E-state index contributed by atoms with van der Waals surface area (Å²) in [4.78, 5) is 6.84. The Hall–Kier alpha value is -1.29. The van der Waals surface area contributed by atoms with Crippen molar-refractivity contribution in [2.75, 3.05) is 30.7 Å². The van der Waals surface area contributed by atoms with Crippen LogP contribution in [0.4, 0.5) is 11.5 Å². The molecule has 0 radical (unpaired) electrons. The Kier molecular flexibility index (Phi) is 4.07. The molecule has 0 aromatic carbocycles. The Morgan fingerprint density at radius 2 is 2.33 bits per heavy atom. The van der Waals surface area contributed by atoms with Gasteiger partial charge in [-0.1, -0.05) is 0 Å². The lowest BCUT2D eigenvalue weighted by molar-refractivity contribution is 0.266. The monoisotopic (exact) mass is 248 g/mol. The molecule has 1 atom stereocenters. The number of hydrogen-bond donors (Lipinski definition) is 2. The highest BCUT2D eigenvalue weighted by Crippen LogP contribution is 2.19. The Balaban J connectivity index is 1.83. The molecule has 100 valence electrons. The summed E-state index contributed by atoms with van der Waals surface area (Å²) in [6, 6.07) is 2.68. The Bertz CT molecular complexity index is 403. The molecule has 1 aliphatic heterocycles. The van der Waals surface area contributed by atoms with Crippen LogP contribution < -0.4 is 11.1 Å². The number of nitrogen functional groups attached to an aromatic ring is 1. The average molecular weight is 248 g/mol. The van der Waals surface area contributed by atoms with Crippen LogP contribution >= 0.6 is 0 Å². The van der Waals surface area contributed by atoms with Gasteiger partial charge in [0.1, 0.15) is 5.82 Å². The van der Waals surface area contributed by atoms with Gasteiger partial charge in [-0.25, -0.2) is 4.98 Å². The van der Waals surface area contributed by atoms with Crippen LogP contribution in [0.25, 0.3) is 0 Å². The van der Waals surface area contributed by atoms with Crippen LogP contribution in [0.5, 0.6) is 0 Å². The van der Waals surface area contributed by atoms with E-state index in [0.29, 0.717) is 6.04 Å². The van der Waals surface area contributed by atoms with Gasteiger partial charge in [-0.15, -0.1) is 0 Å². The summed E-state index contributed by atoms with van der Waals surface area (Å²) in [6.45, 7) is 9.95. The van der Waals surface area contributed by atoms with Crippen molar-refractivity contribution in [3.63, 3.8) is 0 Å². The molecule has 3 N–H and O–H groups in total. The quantitative estimate of drug-likeness (QED) is 0.857. The smallest absolute Gasteiger partial charge is 0.126 e. The molecule has 1 unspecified atom stereocenters. The fourth-order valence-corrected chi connectivity index (χ4v) is 2.41. The minimum absolute atomic E-state index is 0.659. The summed E-state index contributed by atoms with van der Waals surface area (Å²) < 4.78 is 0. The predicted molar refractivity (Wildman–Crippen MR) is 76.7 cm³/mol. The summed E-state index contributed by atoms with van der Waals surface area (Å²) in [5.41, 5.74) is 7.60. The third-order valence-electron chi connectivity index (χ3n) is 3.77. The van der Waals surface area contributed by atoms with Crippen molar-refractivity contribution in [2.24, 2.45) is 5.92 Å². The normalized spacial score (nSPS) is 20.6. The second-order valence-corrected chi connectivity index (χ2v) is 5.55. The van der Waals surface area contributed by atoms with E-state index in [-0.39, 0.29) is 0 Å². The summed E-state index contributed by atoms with van der Waals surface area (Å²) in [5.74, 6) is 1.66. The highest BCUT2D eigenvalue weighted by atomic mass is 15.2. The molecule has 1 aliphatic rings. The van der Waals surface area contributed by atoms with E-state index in [1.54, 1.807) is 6.20 Å². The van der Waals surface area contributed by atoms with Crippen molar-refractivity contribution in [2.45, 2.75) is 33.2 Å². The van der Waals surface area contributed by atoms with Crippen LogP contribution in [0.1, 0.15) is 25.8 Å². The van der Waals surface area contributed by atoms with Gasteiger partial charge < -0.3 is 16.0 Å². The largest absolute Gasteiger partial charge is 0.397 e. The molecular weight excluding hydrogens is 224 g/mol. The number of nitrogens with zero attached hydrogens (tertiary/aromatic N) is 2. The van der Waals surface area contributed by atoms with Gasteiger partial charge in [0.05, 0.1) is 11.9 Å². The minimum atomic E-state index is 0.659. The standard InChI is InChI=1S/C14H24N4/c1-10(2)18-5-4-12(9-18)7-16-14-6-11(3)13(15)8-17-14/h6,8,10,12H,4-5,7,9,15H2,1-3H3,(H,16,17). The predicted octanol–water partition coefficient (Wildman–Crippen LogP) is 2.11. The topological polar surface area (TPSA) is 54.2 Å². The second-order valence-electron chi connectivity index (χ2n) is 5.55. The molecule has 0 saturated carbocycles. The number of likely N-dealkylation sites (tertiary alicyclic amines) is 1. The fourth-order valence-electron chi connectivity index (χ4n) is 2.41. The minimum Gasteiger partial charge on any atom is -0.397 e. The molecule has 2 heterocycles. The number of aromatic nitrogens is 1. The van der Waals surface area contributed by atoms with E-state index in [4.69, 9.17) is 5.73 Å². The Morgan fingerprint density at radius 3 is 2.94 bits per heavy atom. The lowest BCUT2D eigenvalue weighted by Crippen LogP contribution is -2.29. The van der Waals surface area contributed by atoms with Gasteiger partial charge in [-0.2, -0.15) is 0 Å². The maximum Gasteiger partial charge on any atom is 0.126 e. The zero-order valence-corrected chi connectivity index (χ0v) is 11.6. The molecule has 0 amide bonds. The van der Waals surface area contributed by atoms with Gasteiger partial charge in [0.2, 0.25) is 0 Å². The van der Waals surface area contributed by atoms with E-state index in [2.05, 4.69) is 29.0 Å². The number of pyridine rings is 1. The zero-order chi connectivity index (χ0) is 13.1. The third-order valence-corrected chi connectivity index (χ3v) is 3.77. The SMILES string of the molecule is Cc1cc(NCC2CCN(C(C)C)C2)ncc1N. The van der Waals surface area contributed by atoms with Gasteiger partial charge in [0, 0.05) is 19.1 Å². The number of anilines is 2. The first-order valence-electron chi connectivity index (χ1n) is 6.76. The van der Waals surface area contributed by atoms with E-state index >= 15 is 0 Å². The summed E-state index contributed by atoms with van der Waals surface area (Å²) in [7, 11) is 0. The van der Waals surface area contributed by atoms with E-state index < -0.39 is 0 Å².